The van der Waals surface area contributed by atoms with E-state index in [4.69, 9.17) is 22.1 Å². The number of rotatable bonds is 3. The number of halogens is 2. The number of carbonyl (C=O) groups is 1. The Labute approximate surface area is 165 Å². The van der Waals surface area contributed by atoms with Crippen molar-refractivity contribution in [1.82, 2.24) is 19.7 Å². The zero-order chi connectivity index (χ0) is 19.8. The first kappa shape index (κ1) is 18.4. The zero-order valence-corrected chi connectivity index (χ0v) is 15.6. The van der Waals surface area contributed by atoms with E-state index >= 15 is 0 Å². The van der Waals surface area contributed by atoms with Crippen molar-refractivity contribution in [1.29, 1.82) is 0 Å². The van der Waals surface area contributed by atoms with Crippen LogP contribution in [0, 0.1) is 5.95 Å². The number of morpholine rings is 1. The van der Waals surface area contributed by atoms with Gasteiger partial charge in [-0.05, 0) is 35.9 Å². The number of benzene rings is 1. The maximum Gasteiger partial charge on any atom is 0.246 e. The zero-order valence-electron chi connectivity index (χ0n) is 14.8. The topological polar surface area (TPSA) is 86.3 Å². The Bertz CT molecular complexity index is 1080. The fraction of sp³-hybridized carbons (Fsp3) is 0.211. The average molecular weight is 402 g/mol. The molecule has 144 valence electrons. The van der Waals surface area contributed by atoms with Gasteiger partial charge in [0.25, 0.3) is 0 Å². The van der Waals surface area contributed by atoms with Gasteiger partial charge in [0.2, 0.25) is 11.9 Å². The first-order chi connectivity index (χ1) is 13.5. The van der Waals surface area contributed by atoms with Crippen LogP contribution in [0.25, 0.3) is 16.7 Å². The van der Waals surface area contributed by atoms with Crippen molar-refractivity contribution in [2.24, 2.45) is 0 Å². The third-order valence-corrected chi connectivity index (χ3v) is 4.93. The second-order valence-corrected chi connectivity index (χ2v) is 6.80. The summed E-state index contributed by atoms with van der Waals surface area (Å²) in [4.78, 5) is 17.9. The van der Waals surface area contributed by atoms with Crippen LogP contribution in [0.1, 0.15) is 11.6 Å². The lowest BCUT2D eigenvalue weighted by molar-refractivity contribution is -0.134. The predicted molar refractivity (Wildman–Crippen MR) is 104 cm³/mol. The molecule has 28 heavy (non-hydrogen) atoms. The maximum atomic E-state index is 13.8. The second-order valence-electron chi connectivity index (χ2n) is 6.36. The molecule has 0 aliphatic carbocycles. The maximum absolute atomic E-state index is 13.8. The molecule has 1 aliphatic heterocycles. The summed E-state index contributed by atoms with van der Waals surface area (Å²) < 4.78 is 20.9. The summed E-state index contributed by atoms with van der Waals surface area (Å²) >= 11 is 6.36. The Balaban J connectivity index is 1.86. The van der Waals surface area contributed by atoms with E-state index in [1.165, 1.54) is 16.8 Å². The highest BCUT2D eigenvalue weighted by molar-refractivity contribution is 6.31. The molecule has 3 heterocycles. The van der Waals surface area contributed by atoms with Crippen LogP contribution >= 0.6 is 11.6 Å². The van der Waals surface area contributed by atoms with E-state index in [0.717, 1.165) is 10.9 Å². The molecule has 3 aromatic rings. The molecule has 1 aliphatic rings. The molecular formula is C19H17ClFN5O2. The molecule has 9 heteroatoms. The number of aromatic nitrogens is 3. The summed E-state index contributed by atoms with van der Waals surface area (Å²) in [6, 6.07) is 6.16. The number of pyridine rings is 1. The van der Waals surface area contributed by atoms with E-state index in [2.05, 4.69) is 16.7 Å². The summed E-state index contributed by atoms with van der Waals surface area (Å²) in [5.41, 5.74) is 6.89. The van der Waals surface area contributed by atoms with Gasteiger partial charge in [0, 0.05) is 17.0 Å². The van der Waals surface area contributed by atoms with Crippen molar-refractivity contribution in [3.63, 3.8) is 0 Å². The summed E-state index contributed by atoms with van der Waals surface area (Å²) in [5.74, 6) is -0.684. The third-order valence-electron chi connectivity index (χ3n) is 4.71. The number of carbonyl (C=O) groups excluding carboxylic acids is 1. The number of nitrogens with two attached hydrogens (primary N) is 1. The van der Waals surface area contributed by atoms with Gasteiger partial charge in [-0.1, -0.05) is 18.2 Å². The molecule has 0 radical (unpaired) electrons. The Morgan fingerprint density at radius 3 is 3.00 bits per heavy atom. The molecule has 0 spiro atoms. The highest BCUT2D eigenvalue weighted by Crippen LogP contribution is 2.34. The van der Waals surface area contributed by atoms with Crippen molar-refractivity contribution in [2.75, 3.05) is 25.5 Å². The molecule has 0 saturated carbocycles. The summed E-state index contributed by atoms with van der Waals surface area (Å²) in [7, 11) is 0. The minimum absolute atomic E-state index is 0.0446. The highest BCUT2D eigenvalue weighted by atomic mass is 35.5. The van der Waals surface area contributed by atoms with Gasteiger partial charge in [-0.15, -0.1) is 0 Å². The molecule has 0 bridgehead atoms. The fourth-order valence-electron chi connectivity index (χ4n) is 3.37. The van der Waals surface area contributed by atoms with Crippen molar-refractivity contribution in [3.8, 4) is 5.82 Å². The monoisotopic (exact) mass is 401 g/mol. The van der Waals surface area contributed by atoms with E-state index in [-0.39, 0.29) is 23.5 Å². The number of amides is 1. The van der Waals surface area contributed by atoms with E-state index in [9.17, 15) is 9.18 Å². The van der Waals surface area contributed by atoms with Crippen molar-refractivity contribution >= 4 is 34.1 Å². The number of nitrogen functional groups attached to an aromatic ring is 1. The minimum Gasteiger partial charge on any atom is -0.395 e. The molecule has 2 aromatic heterocycles. The van der Waals surface area contributed by atoms with Crippen LogP contribution in [-0.4, -0.2) is 45.3 Å². The van der Waals surface area contributed by atoms with Crippen molar-refractivity contribution in [3.05, 3.63) is 59.7 Å². The van der Waals surface area contributed by atoms with Crippen LogP contribution in [0.3, 0.4) is 0 Å². The van der Waals surface area contributed by atoms with Gasteiger partial charge in [0.1, 0.15) is 0 Å². The Morgan fingerprint density at radius 2 is 2.25 bits per heavy atom. The lowest BCUT2D eigenvalue weighted by Crippen LogP contribution is -2.42. The Morgan fingerprint density at radius 1 is 1.43 bits per heavy atom. The van der Waals surface area contributed by atoms with Gasteiger partial charge in [-0.2, -0.15) is 14.5 Å². The molecule has 1 saturated heterocycles. The first-order valence-electron chi connectivity index (χ1n) is 8.60. The number of hydrogen-bond acceptors (Lipinski definition) is 5. The van der Waals surface area contributed by atoms with Gasteiger partial charge in [0.15, 0.2) is 5.82 Å². The largest absolute Gasteiger partial charge is 0.395 e. The van der Waals surface area contributed by atoms with E-state index in [0.29, 0.717) is 30.3 Å². The quantitative estimate of drug-likeness (QED) is 0.538. The average Bonchev–Trinajstić information content (AvgIpc) is 3.12. The molecule has 1 amide bonds. The number of nitrogens with zero attached hydrogens (tertiary/aromatic N) is 4. The summed E-state index contributed by atoms with van der Waals surface area (Å²) in [6.07, 6.45) is 2.92. The van der Waals surface area contributed by atoms with Gasteiger partial charge in [-0.25, -0.2) is 4.68 Å². The van der Waals surface area contributed by atoms with Crippen LogP contribution in [0.4, 0.5) is 10.1 Å². The van der Waals surface area contributed by atoms with E-state index in [1.807, 2.05) is 0 Å². The normalized spacial score (nSPS) is 17.1. The Hall–Kier alpha value is -2.97. The Kier molecular flexibility index (Phi) is 4.74. The van der Waals surface area contributed by atoms with Crippen LogP contribution in [0.2, 0.25) is 5.02 Å². The number of ether oxygens (including phenoxy) is 1. The molecular weight excluding hydrogens is 385 g/mol. The molecule has 1 unspecified atom stereocenters. The molecule has 1 atom stereocenters. The van der Waals surface area contributed by atoms with Crippen LogP contribution in [0.5, 0.6) is 0 Å². The number of hydrogen-bond donors (Lipinski definition) is 1. The fourth-order valence-corrected chi connectivity index (χ4v) is 3.59. The van der Waals surface area contributed by atoms with Crippen LogP contribution in [0.15, 0.2) is 43.1 Å². The molecule has 7 nitrogen and oxygen atoms in total. The van der Waals surface area contributed by atoms with Crippen LogP contribution < -0.4 is 5.73 Å². The standard InChI is InChI=1S/C19H17ClFN5O2/c1-2-18(27)25-5-6-28-10-16(25)12-7-11(20)8-15-13(12)9-23-26(15)17-4-3-14(22)19(21)24-17/h2-4,7-9,16H,1,5-6,10,22H2. The van der Waals surface area contributed by atoms with Gasteiger partial charge >= 0.3 is 0 Å². The van der Waals surface area contributed by atoms with Gasteiger partial charge in [0.05, 0.1) is 36.7 Å². The predicted octanol–water partition coefficient (Wildman–Crippen LogP) is 2.88. The molecule has 1 fully saturated rings. The highest BCUT2D eigenvalue weighted by Gasteiger charge is 2.29. The molecule has 2 N–H and O–H groups in total. The number of fused-ring (bicyclic) bond motifs is 1. The lowest BCUT2D eigenvalue weighted by atomic mass is 10.0. The van der Waals surface area contributed by atoms with E-state index in [1.54, 1.807) is 29.3 Å². The SMILES string of the molecule is C=CC(=O)N1CCOCC1c1cc(Cl)cc2c1cnn2-c1ccc(N)c(F)n1. The van der Waals surface area contributed by atoms with E-state index < -0.39 is 5.95 Å². The molecule has 4 rings (SSSR count). The summed E-state index contributed by atoms with van der Waals surface area (Å²) in [5, 5.41) is 5.57. The molecule has 1 aromatic carbocycles. The minimum atomic E-state index is -0.771. The first-order valence-corrected chi connectivity index (χ1v) is 8.97. The summed E-state index contributed by atoms with van der Waals surface area (Å²) in [6.45, 7) is 4.80. The van der Waals surface area contributed by atoms with Crippen molar-refractivity contribution in [2.45, 2.75) is 6.04 Å². The smallest absolute Gasteiger partial charge is 0.246 e. The third kappa shape index (κ3) is 3.10. The van der Waals surface area contributed by atoms with Gasteiger partial charge in [-0.3, -0.25) is 4.79 Å². The second kappa shape index (κ2) is 7.21. The van der Waals surface area contributed by atoms with Crippen LogP contribution in [-0.2, 0) is 9.53 Å². The van der Waals surface area contributed by atoms with Gasteiger partial charge < -0.3 is 15.4 Å². The lowest BCUT2D eigenvalue weighted by Gasteiger charge is -2.35. The number of anilines is 1. The van der Waals surface area contributed by atoms with Crippen molar-refractivity contribution < 1.29 is 13.9 Å².